The Balaban J connectivity index is 1.53. The number of Topliss-reactive ketones (excluding diaryl/α,β-unsaturated/α-hetero) is 1. The zero-order valence-corrected chi connectivity index (χ0v) is 14.6. The van der Waals surface area contributed by atoms with E-state index < -0.39 is 0 Å². The van der Waals surface area contributed by atoms with E-state index in [1.807, 2.05) is 42.5 Å². The van der Waals surface area contributed by atoms with Crippen molar-refractivity contribution in [3.63, 3.8) is 0 Å². The van der Waals surface area contributed by atoms with Gasteiger partial charge in [-0.15, -0.1) is 0 Å². The molecule has 1 aromatic heterocycles. The van der Waals surface area contributed by atoms with Gasteiger partial charge >= 0.3 is 0 Å². The molecule has 0 radical (unpaired) electrons. The Morgan fingerprint density at radius 3 is 2.72 bits per heavy atom. The quantitative estimate of drug-likeness (QED) is 0.560. The third-order valence-electron chi connectivity index (χ3n) is 4.86. The number of hydrogen-bond donors (Lipinski definition) is 1. The molecule has 0 bridgehead atoms. The van der Waals surface area contributed by atoms with E-state index in [1.165, 1.54) is 12.0 Å². The Morgan fingerprint density at radius 1 is 1.16 bits per heavy atom. The highest BCUT2D eigenvalue weighted by molar-refractivity contribution is 6.34. The molecule has 4 rings (SSSR count). The number of pyridine rings is 1. The maximum absolute atomic E-state index is 12.6. The number of rotatable bonds is 4. The molecule has 0 aliphatic carbocycles. The van der Waals surface area contributed by atoms with Crippen LogP contribution >= 0.6 is 11.6 Å². The van der Waals surface area contributed by atoms with Crippen LogP contribution in [-0.4, -0.2) is 23.9 Å². The molecule has 0 spiro atoms. The molecule has 4 heteroatoms. The Morgan fingerprint density at radius 2 is 1.96 bits per heavy atom. The maximum atomic E-state index is 12.6. The van der Waals surface area contributed by atoms with Crippen molar-refractivity contribution >= 4 is 28.2 Å². The topological polar surface area (TPSA) is 42.0 Å². The first-order chi connectivity index (χ1) is 12.2. The molecule has 1 aliphatic heterocycles. The fourth-order valence-electron chi connectivity index (χ4n) is 3.42. The second-order valence-electron chi connectivity index (χ2n) is 6.55. The van der Waals surface area contributed by atoms with Crippen molar-refractivity contribution in [3.8, 4) is 0 Å². The molecule has 2 aromatic carbocycles. The number of nitrogens with zero attached hydrogens (tertiary/aromatic N) is 1. The molecule has 1 atom stereocenters. The van der Waals surface area contributed by atoms with Gasteiger partial charge in [-0.2, -0.15) is 0 Å². The molecule has 0 saturated carbocycles. The molecule has 1 unspecified atom stereocenters. The summed E-state index contributed by atoms with van der Waals surface area (Å²) in [6.07, 6.45) is 1.52. The highest BCUT2D eigenvalue weighted by atomic mass is 35.5. The van der Waals surface area contributed by atoms with Crippen LogP contribution in [0.4, 0.5) is 0 Å². The van der Waals surface area contributed by atoms with E-state index in [1.54, 1.807) is 0 Å². The van der Waals surface area contributed by atoms with E-state index in [-0.39, 0.29) is 5.78 Å². The van der Waals surface area contributed by atoms with E-state index in [4.69, 9.17) is 11.6 Å². The first-order valence-corrected chi connectivity index (χ1v) is 8.96. The number of carbonyl (C=O) groups is 1. The molecule has 3 nitrogen and oxygen atoms in total. The Hall–Kier alpha value is -2.23. The van der Waals surface area contributed by atoms with Gasteiger partial charge in [0.05, 0.1) is 0 Å². The lowest BCUT2D eigenvalue weighted by Gasteiger charge is -2.10. The van der Waals surface area contributed by atoms with Gasteiger partial charge in [0.2, 0.25) is 0 Å². The summed E-state index contributed by atoms with van der Waals surface area (Å²) in [5.41, 5.74) is 2.77. The molecular formula is C21H19ClN2O. The highest BCUT2D eigenvalue weighted by Gasteiger charge is 2.17. The fraction of sp³-hybridized carbons (Fsp3) is 0.238. The van der Waals surface area contributed by atoms with E-state index in [9.17, 15) is 4.79 Å². The van der Waals surface area contributed by atoms with E-state index in [0.29, 0.717) is 23.2 Å². The van der Waals surface area contributed by atoms with Crippen LogP contribution in [-0.2, 0) is 6.42 Å². The van der Waals surface area contributed by atoms with Crippen molar-refractivity contribution in [1.82, 2.24) is 10.3 Å². The average Bonchev–Trinajstić information content (AvgIpc) is 3.17. The second kappa shape index (κ2) is 6.95. The minimum absolute atomic E-state index is 0.0112. The number of ketones is 1. The summed E-state index contributed by atoms with van der Waals surface area (Å²) < 4.78 is 0. The zero-order chi connectivity index (χ0) is 17.2. The maximum Gasteiger partial charge on any atom is 0.185 e. The first-order valence-electron chi connectivity index (χ1n) is 8.59. The van der Waals surface area contributed by atoms with Gasteiger partial charge in [0.25, 0.3) is 0 Å². The normalized spacial score (nSPS) is 17.1. The van der Waals surface area contributed by atoms with Crippen molar-refractivity contribution in [2.24, 2.45) is 0 Å². The zero-order valence-electron chi connectivity index (χ0n) is 13.8. The molecule has 1 N–H and O–H groups in total. The Kier molecular flexibility index (Phi) is 4.51. The molecular weight excluding hydrogens is 332 g/mol. The van der Waals surface area contributed by atoms with Crippen LogP contribution in [0.25, 0.3) is 10.8 Å². The van der Waals surface area contributed by atoms with Crippen LogP contribution in [0.15, 0.2) is 54.6 Å². The molecule has 1 aliphatic rings. The number of carbonyl (C=O) groups excluding carboxylic acids is 1. The molecule has 1 fully saturated rings. The van der Waals surface area contributed by atoms with Crippen molar-refractivity contribution in [2.75, 3.05) is 13.1 Å². The predicted octanol–water partition coefficient (Wildman–Crippen LogP) is 4.39. The van der Waals surface area contributed by atoms with Crippen molar-refractivity contribution in [3.05, 3.63) is 76.6 Å². The average molecular weight is 351 g/mol. The summed E-state index contributed by atoms with van der Waals surface area (Å²) in [5.74, 6) is 0.577. The number of halogens is 1. The summed E-state index contributed by atoms with van der Waals surface area (Å²) in [7, 11) is 0. The van der Waals surface area contributed by atoms with Crippen LogP contribution in [0, 0.1) is 0 Å². The van der Waals surface area contributed by atoms with E-state index in [0.717, 1.165) is 29.4 Å². The molecule has 126 valence electrons. The summed E-state index contributed by atoms with van der Waals surface area (Å²) in [4.78, 5) is 16.9. The molecule has 1 saturated heterocycles. The number of hydrogen-bond acceptors (Lipinski definition) is 3. The van der Waals surface area contributed by atoms with E-state index >= 15 is 0 Å². The Bertz CT molecular complexity index is 915. The van der Waals surface area contributed by atoms with Gasteiger partial charge < -0.3 is 5.32 Å². The Labute approximate surface area is 152 Å². The number of benzene rings is 2. The standard InChI is InChI=1S/C21H19ClN2O/c22-21-18-4-2-1-3-16(18)12-19(24-21)20(25)11-14-5-7-15(8-6-14)17-9-10-23-13-17/h1-8,12,17,23H,9-11,13H2. The number of nitrogens with one attached hydrogen (secondary N) is 1. The first kappa shape index (κ1) is 16.2. The van der Waals surface area contributed by atoms with Crippen molar-refractivity contribution < 1.29 is 4.79 Å². The molecule has 0 amide bonds. The van der Waals surface area contributed by atoms with Crippen molar-refractivity contribution in [1.29, 1.82) is 0 Å². The van der Waals surface area contributed by atoms with Gasteiger partial charge in [-0.1, -0.05) is 60.1 Å². The summed E-state index contributed by atoms with van der Waals surface area (Å²) in [5, 5.41) is 5.57. The summed E-state index contributed by atoms with van der Waals surface area (Å²) in [6.45, 7) is 2.12. The lowest BCUT2D eigenvalue weighted by molar-refractivity contribution is 0.0988. The highest BCUT2D eigenvalue weighted by Crippen LogP contribution is 2.24. The minimum atomic E-state index is -0.0112. The lowest BCUT2D eigenvalue weighted by Crippen LogP contribution is -2.08. The predicted molar refractivity (Wildman–Crippen MR) is 101 cm³/mol. The second-order valence-corrected chi connectivity index (χ2v) is 6.91. The van der Waals surface area contributed by atoms with E-state index in [2.05, 4.69) is 22.4 Å². The summed E-state index contributed by atoms with van der Waals surface area (Å²) >= 11 is 6.23. The SMILES string of the molecule is O=C(Cc1ccc(C2CCNC2)cc1)c1cc2ccccc2c(Cl)n1. The van der Waals surface area contributed by atoms with Gasteiger partial charge in [-0.05, 0) is 41.5 Å². The monoisotopic (exact) mass is 350 g/mol. The van der Waals surface area contributed by atoms with Crippen LogP contribution < -0.4 is 5.32 Å². The summed E-state index contributed by atoms with van der Waals surface area (Å²) in [6, 6.07) is 17.9. The van der Waals surface area contributed by atoms with Gasteiger partial charge in [0.1, 0.15) is 10.8 Å². The number of aromatic nitrogens is 1. The van der Waals surface area contributed by atoms with Crippen LogP contribution in [0.1, 0.15) is 34.0 Å². The van der Waals surface area contributed by atoms with Gasteiger partial charge in [-0.3, -0.25) is 4.79 Å². The van der Waals surface area contributed by atoms with Crippen LogP contribution in [0.5, 0.6) is 0 Å². The number of fused-ring (bicyclic) bond motifs is 1. The van der Waals surface area contributed by atoms with Crippen LogP contribution in [0.3, 0.4) is 0 Å². The molecule has 25 heavy (non-hydrogen) atoms. The van der Waals surface area contributed by atoms with Crippen LogP contribution in [0.2, 0.25) is 5.15 Å². The smallest absolute Gasteiger partial charge is 0.185 e. The van der Waals surface area contributed by atoms with Gasteiger partial charge in [0.15, 0.2) is 5.78 Å². The third-order valence-corrected chi connectivity index (χ3v) is 5.14. The van der Waals surface area contributed by atoms with Gasteiger partial charge in [-0.25, -0.2) is 4.98 Å². The minimum Gasteiger partial charge on any atom is -0.316 e. The third kappa shape index (κ3) is 3.44. The lowest BCUT2D eigenvalue weighted by atomic mass is 9.96. The fourth-order valence-corrected chi connectivity index (χ4v) is 3.69. The molecule has 2 heterocycles. The largest absolute Gasteiger partial charge is 0.316 e. The molecule has 3 aromatic rings. The van der Waals surface area contributed by atoms with Crippen molar-refractivity contribution in [2.45, 2.75) is 18.8 Å². The van der Waals surface area contributed by atoms with Gasteiger partial charge in [0, 0.05) is 18.4 Å².